The molecule has 1 nitrogen and oxygen atoms in total. The maximum Gasteiger partial charge on any atom is 0.0468 e. The molecular weight excluding hydrogens is 241 g/mol. The number of rotatable bonds is 3. The highest BCUT2D eigenvalue weighted by molar-refractivity contribution is 6.35. The lowest BCUT2D eigenvalue weighted by atomic mass is 9.87. The maximum absolute atomic E-state index is 6.13. The molecule has 0 aliphatic rings. The van der Waals surface area contributed by atoms with Crippen LogP contribution in [0.25, 0.3) is 0 Å². The quantitative estimate of drug-likeness (QED) is 0.828. The molecule has 0 aliphatic carbocycles. The van der Waals surface area contributed by atoms with E-state index in [0.717, 1.165) is 18.4 Å². The third-order valence-electron chi connectivity index (χ3n) is 2.57. The lowest BCUT2D eigenvalue weighted by molar-refractivity contribution is 0.350. The van der Waals surface area contributed by atoms with Gasteiger partial charge in [0.05, 0.1) is 0 Å². The molecule has 0 aliphatic heterocycles. The van der Waals surface area contributed by atoms with E-state index in [1.165, 1.54) is 0 Å². The van der Waals surface area contributed by atoms with Crippen molar-refractivity contribution in [3.8, 4) is 0 Å². The molecule has 0 aromatic heterocycles. The Morgan fingerprint density at radius 2 is 1.88 bits per heavy atom. The first-order valence-corrected chi connectivity index (χ1v) is 6.26. The molecule has 0 radical (unpaired) electrons. The highest BCUT2D eigenvalue weighted by Gasteiger charge is 2.15. The molecule has 0 saturated heterocycles. The Kier molecular flexibility index (Phi) is 4.66. The van der Waals surface area contributed by atoms with Crippen molar-refractivity contribution in [2.45, 2.75) is 39.7 Å². The molecule has 16 heavy (non-hydrogen) atoms. The van der Waals surface area contributed by atoms with E-state index in [1.807, 2.05) is 12.1 Å². The summed E-state index contributed by atoms with van der Waals surface area (Å²) in [6.07, 6.45) is 2.01. The summed E-state index contributed by atoms with van der Waals surface area (Å²) in [7, 11) is 0. The van der Waals surface area contributed by atoms with Gasteiger partial charge in [-0.3, -0.25) is 0 Å². The molecule has 2 N–H and O–H groups in total. The third kappa shape index (κ3) is 4.32. The minimum Gasteiger partial charge on any atom is -0.324 e. The van der Waals surface area contributed by atoms with Gasteiger partial charge < -0.3 is 5.73 Å². The Hall–Kier alpha value is -0.240. The average molecular weight is 260 g/mol. The summed E-state index contributed by atoms with van der Waals surface area (Å²) in [5.41, 5.74) is 7.41. The second kappa shape index (κ2) is 5.39. The van der Waals surface area contributed by atoms with Gasteiger partial charge in [0.25, 0.3) is 0 Å². The fourth-order valence-electron chi connectivity index (χ4n) is 1.55. The number of hydrogen-bond acceptors (Lipinski definition) is 1. The van der Waals surface area contributed by atoms with Crippen molar-refractivity contribution < 1.29 is 0 Å². The van der Waals surface area contributed by atoms with Gasteiger partial charge in [-0.25, -0.2) is 0 Å². The van der Waals surface area contributed by atoms with Gasteiger partial charge in [-0.2, -0.15) is 0 Å². The second-order valence-electron chi connectivity index (χ2n) is 5.37. The van der Waals surface area contributed by atoms with E-state index in [1.54, 1.807) is 6.07 Å². The van der Waals surface area contributed by atoms with Crippen molar-refractivity contribution in [1.82, 2.24) is 0 Å². The summed E-state index contributed by atoms with van der Waals surface area (Å²) in [6.45, 7) is 6.63. The van der Waals surface area contributed by atoms with E-state index < -0.39 is 0 Å². The molecule has 0 heterocycles. The summed E-state index contributed by atoms with van der Waals surface area (Å²) in [5.74, 6) is 0. The smallest absolute Gasteiger partial charge is 0.0468 e. The molecule has 1 unspecified atom stereocenters. The van der Waals surface area contributed by atoms with Gasteiger partial charge in [-0.05, 0) is 36.0 Å². The first-order valence-electron chi connectivity index (χ1n) is 5.50. The Labute approximate surface area is 108 Å². The molecular formula is C13H19Cl2N. The normalized spacial score (nSPS) is 13.9. The molecule has 90 valence electrons. The van der Waals surface area contributed by atoms with Crippen LogP contribution < -0.4 is 5.73 Å². The van der Waals surface area contributed by atoms with Gasteiger partial charge >= 0.3 is 0 Å². The van der Waals surface area contributed by atoms with Crippen molar-refractivity contribution in [2.24, 2.45) is 11.1 Å². The van der Waals surface area contributed by atoms with E-state index in [2.05, 4.69) is 20.8 Å². The number of nitrogens with two attached hydrogens (primary N) is 1. The predicted octanol–water partition coefficient (Wildman–Crippen LogP) is 4.82. The van der Waals surface area contributed by atoms with Crippen LogP contribution in [0.1, 0.15) is 45.2 Å². The van der Waals surface area contributed by atoms with Crippen molar-refractivity contribution in [3.63, 3.8) is 0 Å². The molecule has 0 saturated carbocycles. The fourth-order valence-corrected chi connectivity index (χ4v) is 2.09. The van der Waals surface area contributed by atoms with Crippen LogP contribution in [-0.2, 0) is 0 Å². The molecule has 3 heteroatoms. The fraction of sp³-hybridized carbons (Fsp3) is 0.538. The van der Waals surface area contributed by atoms with Gasteiger partial charge in [-0.1, -0.05) is 50.0 Å². The van der Waals surface area contributed by atoms with Crippen molar-refractivity contribution >= 4 is 23.2 Å². The van der Waals surface area contributed by atoms with Gasteiger partial charge in [0.2, 0.25) is 0 Å². The van der Waals surface area contributed by atoms with Gasteiger partial charge in [0.1, 0.15) is 0 Å². The SMILES string of the molecule is CC(C)(C)CCC(N)c1ccc(Cl)cc1Cl. The molecule has 0 fully saturated rings. The van der Waals surface area contributed by atoms with E-state index in [4.69, 9.17) is 28.9 Å². The van der Waals surface area contributed by atoms with Crippen molar-refractivity contribution in [3.05, 3.63) is 33.8 Å². The third-order valence-corrected chi connectivity index (χ3v) is 3.13. The van der Waals surface area contributed by atoms with Gasteiger partial charge in [-0.15, -0.1) is 0 Å². The predicted molar refractivity (Wildman–Crippen MR) is 72.1 cm³/mol. The standard InChI is InChI=1S/C13H19Cl2N/c1-13(2,3)7-6-12(16)10-5-4-9(14)8-11(10)15/h4-5,8,12H,6-7,16H2,1-3H3. The molecule has 0 amide bonds. The summed E-state index contributed by atoms with van der Waals surface area (Å²) < 4.78 is 0. The molecule has 0 spiro atoms. The van der Waals surface area contributed by atoms with Crippen LogP contribution >= 0.6 is 23.2 Å². The minimum absolute atomic E-state index is 0.0102. The monoisotopic (exact) mass is 259 g/mol. The topological polar surface area (TPSA) is 26.0 Å². The average Bonchev–Trinajstić information content (AvgIpc) is 2.13. The first kappa shape index (κ1) is 13.8. The molecule has 1 aromatic rings. The number of hydrogen-bond donors (Lipinski definition) is 1. The van der Waals surface area contributed by atoms with Gasteiger partial charge in [0, 0.05) is 16.1 Å². The van der Waals surface area contributed by atoms with Crippen LogP contribution in [0.15, 0.2) is 18.2 Å². The zero-order chi connectivity index (χ0) is 12.3. The van der Waals surface area contributed by atoms with Crippen molar-refractivity contribution in [2.75, 3.05) is 0 Å². The zero-order valence-corrected chi connectivity index (χ0v) is 11.6. The van der Waals surface area contributed by atoms with Crippen LogP contribution in [-0.4, -0.2) is 0 Å². The molecule has 1 rings (SSSR count). The molecule has 0 bridgehead atoms. The zero-order valence-electron chi connectivity index (χ0n) is 10.1. The van der Waals surface area contributed by atoms with E-state index in [9.17, 15) is 0 Å². The van der Waals surface area contributed by atoms with Crippen LogP contribution in [0.2, 0.25) is 10.0 Å². The Morgan fingerprint density at radius 1 is 1.25 bits per heavy atom. The highest BCUT2D eigenvalue weighted by Crippen LogP contribution is 2.30. The first-order chi connectivity index (χ1) is 7.29. The second-order valence-corrected chi connectivity index (χ2v) is 6.22. The number of halogens is 2. The summed E-state index contributed by atoms with van der Waals surface area (Å²) in [5, 5.41) is 1.31. The van der Waals surface area contributed by atoms with E-state index >= 15 is 0 Å². The Bertz CT molecular complexity index is 355. The Balaban J connectivity index is 2.70. The summed E-state index contributed by atoms with van der Waals surface area (Å²) >= 11 is 12.0. The minimum atomic E-state index is -0.0102. The lowest BCUT2D eigenvalue weighted by Gasteiger charge is -2.21. The summed E-state index contributed by atoms with van der Waals surface area (Å²) in [6, 6.07) is 5.48. The largest absolute Gasteiger partial charge is 0.324 e. The number of benzene rings is 1. The Morgan fingerprint density at radius 3 is 2.38 bits per heavy atom. The van der Waals surface area contributed by atoms with Gasteiger partial charge in [0.15, 0.2) is 0 Å². The summed E-state index contributed by atoms with van der Waals surface area (Å²) in [4.78, 5) is 0. The van der Waals surface area contributed by atoms with Crippen LogP contribution in [0.5, 0.6) is 0 Å². The maximum atomic E-state index is 6.13. The lowest BCUT2D eigenvalue weighted by Crippen LogP contribution is -2.15. The highest BCUT2D eigenvalue weighted by atomic mass is 35.5. The van der Waals surface area contributed by atoms with E-state index in [-0.39, 0.29) is 6.04 Å². The van der Waals surface area contributed by atoms with Crippen LogP contribution in [0.4, 0.5) is 0 Å². The molecule has 1 aromatic carbocycles. The van der Waals surface area contributed by atoms with Crippen LogP contribution in [0.3, 0.4) is 0 Å². The van der Waals surface area contributed by atoms with Crippen LogP contribution in [0, 0.1) is 5.41 Å². The van der Waals surface area contributed by atoms with E-state index in [0.29, 0.717) is 15.5 Å². The molecule has 1 atom stereocenters. The van der Waals surface area contributed by atoms with Crippen molar-refractivity contribution in [1.29, 1.82) is 0 Å².